The topological polar surface area (TPSA) is 85.2 Å². The van der Waals surface area contributed by atoms with Crippen LogP contribution >= 0.6 is 0 Å². The van der Waals surface area contributed by atoms with Crippen LogP contribution < -0.4 is 10.1 Å². The third-order valence-electron chi connectivity index (χ3n) is 6.14. The molecule has 0 radical (unpaired) electrons. The van der Waals surface area contributed by atoms with Gasteiger partial charge in [0.25, 0.3) is 0 Å². The van der Waals surface area contributed by atoms with Gasteiger partial charge in [0.15, 0.2) is 0 Å². The fourth-order valence-electron chi connectivity index (χ4n) is 4.36. The Balaban J connectivity index is 1.39. The number of nitrogens with zero attached hydrogens (tertiary/aromatic N) is 5. The molecule has 5 rings (SSSR count). The molecule has 35 heavy (non-hydrogen) atoms. The minimum atomic E-state index is -0.479. The van der Waals surface area contributed by atoms with Crippen LogP contribution in [-0.4, -0.2) is 43.6 Å². The van der Waals surface area contributed by atoms with E-state index in [9.17, 15) is 9.18 Å². The molecule has 178 valence electrons. The molecule has 0 bridgehead atoms. The van der Waals surface area contributed by atoms with Crippen LogP contribution in [0.15, 0.2) is 67.6 Å². The van der Waals surface area contributed by atoms with E-state index in [1.54, 1.807) is 36.1 Å². The largest absolute Gasteiger partial charge is 0.437 e. The molecule has 1 aliphatic rings. The van der Waals surface area contributed by atoms with Crippen LogP contribution in [0.25, 0.3) is 10.9 Å². The number of likely N-dealkylation sites (tertiary alicyclic amines) is 1. The van der Waals surface area contributed by atoms with Gasteiger partial charge < -0.3 is 15.0 Å². The molecule has 1 unspecified atom stereocenters. The van der Waals surface area contributed by atoms with Gasteiger partial charge in [0.05, 0.1) is 11.2 Å². The third-order valence-corrected chi connectivity index (χ3v) is 6.14. The number of benzene rings is 2. The number of ether oxygens (including phenoxy) is 1. The van der Waals surface area contributed by atoms with Crippen molar-refractivity contribution >= 4 is 28.3 Å². The van der Waals surface area contributed by atoms with Gasteiger partial charge in [-0.15, -0.1) is 5.10 Å². The van der Waals surface area contributed by atoms with Crippen LogP contribution in [0.2, 0.25) is 0 Å². The van der Waals surface area contributed by atoms with E-state index in [0.29, 0.717) is 24.0 Å². The quantitative estimate of drug-likeness (QED) is 0.401. The van der Waals surface area contributed by atoms with Crippen molar-refractivity contribution in [2.24, 2.45) is 7.05 Å². The number of amides is 1. The molecule has 1 amide bonds. The van der Waals surface area contributed by atoms with Crippen LogP contribution in [0.1, 0.15) is 24.3 Å². The first-order chi connectivity index (χ1) is 17.0. The lowest BCUT2D eigenvalue weighted by atomic mass is 9.90. The molecule has 0 spiro atoms. The van der Waals surface area contributed by atoms with Gasteiger partial charge in [0.2, 0.25) is 11.8 Å². The number of aryl methyl sites for hydroxylation is 1. The third kappa shape index (κ3) is 4.84. The molecule has 1 atom stereocenters. The zero-order valence-corrected chi connectivity index (χ0v) is 19.3. The molecule has 3 heterocycles. The number of aromatic nitrogens is 4. The lowest BCUT2D eigenvalue weighted by Crippen LogP contribution is -2.38. The van der Waals surface area contributed by atoms with Gasteiger partial charge in [0, 0.05) is 49.8 Å². The molecule has 2 aromatic carbocycles. The Morgan fingerprint density at radius 1 is 1.23 bits per heavy atom. The molecule has 1 fully saturated rings. The van der Waals surface area contributed by atoms with Crippen molar-refractivity contribution in [1.29, 1.82) is 0 Å². The van der Waals surface area contributed by atoms with E-state index in [4.69, 9.17) is 4.74 Å². The highest BCUT2D eigenvalue weighted by molar-refractivity contribution is 5.91. The van der Waals surface area contributed by atoms with Crippen molar-refractivity contribution < 1.29 is 13.9 Å². The average molecular weight is 473 g/mol. The van der Waals surface area contributed by atoms with E-state index in [1.807, 2.05) is 23.1 Å². The normalized spacial score (nSPS) is 15.7. The van der Waals surface area contributed by atoms with Crippen LogP contribution in [0.5, 0.6) is 11.6 Å². The summed E-state index contributed by atoms with van der Waals surface area (Å²) in [6, 6.07) is 12.3. The number of hydrogen-bond donors (Lipinski definition) is 1. The maximum Gasteiger partial charge on any atom is 0.245 e. The summed E-state index contributed by atoms with van der Waals surface area (Å²) in [4.78, 5) is 22.7. The van der Waals surface area contributed by atoms with Gasteiger partial charge in [0.1, 0.15) is 23.7 Å². The van der Waals surface area contributed by atoms with Gasteiger partial charge >= 0.3 is 0 Å². The molecular formula is C26H25FN6O2. The maximum atomic E-state index is 14.9. The van der Waals surface area contributed by atoms with Crippen LogP contribution in [0, 0.1) is 5.82 Å². The number of carbonyl (C=O) groups is 1. The predicted octanol–water partition coefficient (Wildman–Crippen LogP) is 4.93. The summed E-state index contributed by atoms with van der Waals surface area (Å²) >= 11 is 0. The fraction of sp³-hybridized carbons (Fsp3) is 0.231. The van der Waals surface area contributed by atoms with Crippen molar-refractivity contribution in [3.8, 4) is 11.6 Å². The molecule has 1 aliphatic heterocycles. The number of carbonyl (C=O) groups excluding carboxylic acids is 1. The van der Waals surface area contributed by atoms with Crippen molar-refractivity contribution in [1.82, 2.24) is 24.6 Å². The molecule has 1 saturated heterocycles. The molecule has 8 nitrogen and oxygen atoms in total. The van der Waals surface area contributed by atoms with Gasteiger partial charge in [-0.1, -0.05) is 12.6 Å². The number of fused-ring (bicyclic) bond motifs is 1. The first-order valence-electron chi connectivity index (χ1n) is 11.4. The Bertz CT molecular complexity index is 1400. The Labute approximate surface area is 202 Å². The molecule has 2 aromatic heterocycles. The fourth-order valence-corrected chi connectivity index (χ4v) is 4.36. The number of nitrogens with one attached hydrogen (secondary N) is 1. The highest BCUT2D eigenvalue weighted by Crippen LogP contribution is 2.32. The molecule has 1 N–H and O–H groups in total. The molecule has 9 heteroatoms. The molecule has 0 aliphatic carbocycles. The maximum absolute atomic E-state index is 14.9. The SMILES string of the molecule is C=CC(=O)N1CCCC(c2ccc3ncnc(Nc4ccc(Oc5ccn(C)n5)cc4F)c3c2)C1. The van der Waals surface area contributed by atoms with E-state index >= 15 is 0 Å². The Morgan fingerprint density at radius 3 is 2.89 bits per heavy atom. The Morgan fingerprint density at radius 2 is 2.11 bits per heavy atom. The van der Waals surface area contributed by atoms with Gasteiger partial charge in [-0.3, -0.25) is 9.48 Å². The first kappa shape index (κ1) is 22.5. The average Bonchev–Trinajstić information content (AvgIpc) is 3.29. The summed E-state index contributed by atoms with van der Waals surface area (Å²) in [5.41, 5.74) is 2.11. The summed E-state index contributed by atoms with van der Waals surface area (Å²) in [6.07, 6.45) is 6.47. The highest BCUT2D eigenvalue weighted by Gasteiger charge is 2.24. The summed E-state index contributed by atoms with van der Waals surface area (Å²) in [6.45, 7) is 4.98. The summed E-state index contributed by atoms with van der Waals surface area (Å²) in [5, 5.41) is 8.02. The zero-order chi connectivity index (χ0) is 24.4. The predicted molar refractivity (Wildman–Crippen MR) is 131 cm³/mol. The number of hydrogen-bond acceptors (Lipinski definition) is 6. The second-order valence-corrected chi connectivity index (χ2v) is 8.52. The van der Waals surface area contributed by atoms with Crippen LogP contribution in [-0.2, 0) is 11.8 Å². The van der Waals surface area contributed by atoms with Crippen molar-refractivity contribution in [3.63, 3.8) is 0 Å². The van der Waals surface area contributed by atoms with Crippen LogP contribution in [0.4, 0.5) is 15.9 Å². The number of piperidine rings is 1. The van der Waals surface area contributed by atoms with E-state index < -0.39 is 5.82 Å². The Kier molecular flexibility index (Phi) is 6.13. The van der Waals surface area contributed by atoms with E-state index in [2.05, 4.69) is 27.0 Å². The van der Waals surface area contributed by atoms with E-state index in [-0.39, 0.29) is 17.5 Å². The monoisotopic (exact) mass is 472 g/mol. The zero-order valence-electron chi connectivity index (χ0n) is 19.3. The second kappa shape index (κ2) is 9.54. The minimum Gasteiger partial charge on any atom is -0.437 e. The molecular weight excluding hydrogens is 447 g/mol. The first-order valence-corrected chi connectivity index (χ1v) is 11.4. The number of rotatable bonds is 6. The number of anilines is 2. The van der Waals surface area contributed by atoms with Crippen molar-refractivity contribution in [3.05, 3.63) is 79.0 Å². The standard InChI is InChI=1S/C26H25FN6O2/c1-3-25(34)33-11-4-5-18(15-33)17-6-8-22-20(13-17)26(29-16-28-22)30-23-9-7-19(14-21(23)27)35-24-10-12-32(2)31-24/h3,6-10,12-14,16,18H,1,4-5,11,15H2,2H3,(H,28,29,30). The van der Waals surface area contributed by atoms with Gasteiger partial charge in [-0.2, -0.15) is 0 Å². The van der Waals surface area contributed by atoms with E-state index in [1.165, 1.54) is 18.5 Å². The lowest BCUT2D eigenvalue weighted by molar-refractivity contribution is -0.127. The van der Waals surface area contributed by atoms with E-state index in [0.717, 1.165) is 35.9 Å². The van der Waals surface area contributed by atoms with Crippen molar-refractivity contribution in [2.45, 2.75) is 18.8 Å². The van der Waals surface area contributed by atoms with Gasteiger partial charge in [-0.25, -0.2) is 14.4 Å². The summed E-state index contributed by atoms with van der Waals surface area (Å²) in [7, 11) is 1.78. The summed E-state index contributed by atoms with van der Waals surface area (Å²) < 4.78 is 22.1. The van der Waals surface area contributed by atoms with Crippen LogP contribution in [0.3, 0.4) is 0 Å². The molecule has 0 saturated carbocycles. The Hall–Kier alpha value is -4.27. The van der Waals surface area contributed by atoms with Crippen molar-refractivity contribution in [2.75, 3.05) is 18.4 Å². The minimum absolute atomic E-state index is 0.0490. The smallest absolute Gasteiger partial charge is 0.245 e. The lowest BCUT2D eigenvalue weighted by Gasteiger charge is -2.32. The highest BCUT2D eigenvalue weighted by atomic mass is 19.1. The summed E-state index contributed by atoms with van der Waals surface area (Å²) in [5.74, 6) is 0.906. The number of halogens is 1. The second-order valence-electron chi connectivity index (χ2n) is 8.52. The van der Waals surface area contributed by atoms with Gasteiger partial charge in [-0.05, 0) is 48.7 Å². The molecule has 4 aromatic rings.